The third-order valence-electron chi connectivity index (χ3n) is 3.37. The molecule has 1 heterocycles. The molecule has 3 heteroatoms. The molecule has 84 valence electrons. The summed E-state index contributed by atoms with van der Waals surface area (Å²) in [5.41, 5.74) is 0. The van der Waals surface area contributed by atoms with Crippen molar-refractivity contribution in [1.29, 1.82) is 0 Å². The van der Waals surface area contributed by atoms with Gasteiger partial charge in [-0.05, 0) is 44.7 Å². The van der Waals surface area contributed by atoms with Gasteiger partial charge in [-0.15, -0.1) is 0 Å². The topological polar surface area (TPSA) is 41.1 Å². The fourth-order valence-electron chi connectivity index (χ4n) is 2.31. The highest BCUT2D eigenvalue weighted by Gasteiger charge is 2.20. The smallest absolute Gasteiger partial charge is 0.223 e. The van der Waals surface area contributed by atoms with Gasteiger partial charge in [0.25, 0.3) is 0 Å². The van der Waals surface area contributed by atoms with E-state index in [1.807, 2.05) is 0 Å². The van der Waals surface area contributed by atoms with Crippen molar-refractivity contribution < 1.29 is 4.79 Å². The Morgan fingerprint density at radius 2 is 2.33 bits per heavy atom. The monoisotopic (exact) mass is 208 g/mol. The maximum atomic E-state index is 11.8. The van der Waals surface area contributed by atoms with Crippen LogP contribution in [-0.4, -0.2) is 25.5 Å². The molecule has 0 bridgehead atoms. The molecule has 0 spiro atoms. The largest absolute Gasteiger partial charge is 0.356 e. The molecule has 1 saturated heterocycles. The second kappa shape index (κ2) is 5.31. The number of nitrogens with one attached hydrogen (secondary N) is 2. The molecule has 1 aliphatic heterocycles. The Balaban J connectivity index is 1.69. The van der Waals surface area contributed by atoms with Crippen molar-refractivity contribution in [3.63, 3.8) is 0 Å². The number of amides is 1. The van der Waals surface area contributed by atoms with Crippen LogP contribution < -0.4 is 10.6 Å². The van der Waals surface area contributed by atoms with Crippen LogP contribution in [0.15, 0.2) is 12.2 Å². The lowest BCUT2D eigenvalue weighted by atomic mass is 9.93. The average molecular weight is 208 g/mol. The quantitative estimate of drug-likeness (QED) is 0.681. The summed E-state index contributed by atoms with van der Waals surface area (Å²) in [6.07, 6.45) is 8.50. The summed E-state index contributed by atoms with van der Waals surface area (Å²) in [7, 11) is 0. The first kappa shape index (κ1) is 10.7. The van der Waals surface area contributed by atoms with Crippen molar-refractivity contribution >= 4 is 5.91 Å². The van der Waals surface area contributed by atoms with Gasteiger partial charge in [-0.3, -0.25) is 4.79 Å². The number of rotatable bonds is 3. The average Bonchev–Trinajstić information content (AvgIpc) is 2.80. The maximum Gasteiger partial charge on any atom is 0.223 e. The van der Waals surface area contributed by atoms with E-state index in [0.29, 0.717) is 5.92 Å². The fraction of sp³-hybridized carbons (Fsp3) is 0.750. The summed E-state index contributed by atoms with van der Waals surface area (Å²) in [6, 6.07) is 0. The highest BCUT2D eigenvalue weighted by atomic mass is 16.1. The fourth-order valence-corrected chi connectivity index (χ4v) is 2.31. The zero-order valence-corrected chi connectivity index (χ0v) is 9.17. The molecule has 2 unspecified atom stereocenters. The van der Waals surface area contributed by atoms with Gasteiger partial charge in [0.05, 0.1) is 0 Å². The van der Waals surface area contributed by atoms with Crippen LogP contribution in [0.4, 0.5) is 0 Å². The first-order chi connectivity index (χ1) is 7.36. The Bertz CT molecular complexity index is 244. The van der Waals surface area contributed by atoms with E-state index in [0.717, 1.165) is 38.9 Å². The van der Waals surface area contributed by atoms with Crippen molar-refractivity contribution in [2.24, 2.45) is 11.8 Å². The Morgan fingerprint density at radius 3 is 3.00 bits per heavy atom. The van der Waals surface area contributed by atoms with Crippen LogP contribution in [-0.2, 0) is 4.79 Å². The van der Waals surface area contributed by atoms with Crippen molar-refractivity contribution in [2.45, 2.75) is 25.7 Å². The molecule has 0 aromatic heterocycles. The lowest BCUT2D eigenvalue weighted by Crippen LogP contribution is -2.35. The highest BCUT2D eigenvalue weighted by molar-refractivity contribution is 5.78. The van der Waals surface area contributed by atoms with Crippen molar-refractivity contribution in [3.8, 4) is 0 Å². The predicted octanol–water partition coefficient (Wildman–Crippen LogP) is 1.07. The van der Waals surface area contributed by atoms with E-state index < -0.39 is 0 Å². The van der Waals surface area contributed by atoms with Crippen LogP contribution in [0.5, 0.6) is 0 Å². The van der Waals surface area contributed by atoms with Gasteiger partial charge < -0.3 is 10.6 Å². The summed E-state index contributed by atoms with van der Waals surface area (Å²) < 4.78 is 0. The van der Waals surface area contributed by atoms with Gasteiger partial charge in [0.2, 0.25) is 5.91 Å². The molecule has 1 amide bonds. The molecule has 0 aromatic carbocycles. The zero-order chi connectivity index (χ0) is 10.5. The molecule has 15 heavy (non-hydrogen) atoms. The summed E-state index contributed by atoms with van der Waals surface area (Å²) >= 11 is 0. The molecule has 2 rings (SSSR count). The van der Waals surface area contributed by atoms with Crippen molar-refractivity contribution in [3.05, 3.63) is 12.2 Å². The molecule has 0 aromatic rings. The minimum Gasteiger partial charge on any atom is -0.356 e. The van der Waals surface area contributed by atoms with Crippen LogP contribution >= 0.6 is 0 Å². The van der Waals surface area contributed by atoms with Crippen LogP contribution in [0.25, 0.3) is 0 Å². The third-order valence-corrected chi connectivity index (χ3v) is 3.37. The van der Waals surface area contributed by atoms with Crippen LogP contribution in [0.2, 0.25) is 0 Å². The van der Waals surface area contributed by atoms with E-state index in [4.69, 9.17) is 0 Å². The van der Waals surface area contributed by atoms with Crippen LogP contribution in [0.3, 0.4) is 0 Å². The van der Waals surface area contributed by atoms with Crippen molar-refractivity contribution in [2.75, 3.05) is 19.6 Å². The minimum atomic E-state index is 0.226. The second-order valence-corrected chi connectivity index (χ2v) is 4.59. The second-order valence-electron chi connectivity index (χ2n) is 4.59. The zero-order valence-electron chi connectivity index (χ0n) is 9.17. The van der Waals surface area contributed by atoms with Gasteiger partial charge in [-0.2, -0.15) is 0 Å². The van der Waals surface area contributed by atoms with E-state index in [1.54, 1.807) is 0 Å². The highest BCUT2D eigenvalue weighted by Crippen LogP contribution is 2.18. The molecular formula is C12H20N2O. The van der Waals surface area contributed by atoms with Gasteiger partial charge in [0.1, 0.15) is 0 Å². The molecule has 3 nitrogen and oxygen atoms in total. The Kier molecular flexibility index (Phi) is 3.78. The third kappa shape index (κ3) is 3.06. The number of carbonyl (C=O) groups is 1. The molecule has 1 aliphatic carbocycles. The van der Waals surface area contributed by atoms with Crippen LogP contribution in [0.1, 0.15) is 25.7 Å². The first-order valence-electron chi connectivity index (χ1n) is 5.99. The summed E-state index contributed by atoms with van der Waals surface area (Å²) in [6.45, 7) is 3.02. The summed E-state index contributed by atoms with van der Waals surface area (Å²) in [4.78, 5) is 11.8. The SMILES string of the molecule is O=C(NCC1CCNC1)C1CC=CCC1. The number of allylic oxidation sites excluding steroid dienone is 2. The summed E-state index contributed by atoms with van der Waals surface area (Å²) in [5, 5.41) is 6.39. The van der Waals surface area contributed by atoms with E-state index >= 15 is 0 Å². The van der Waals surface area contributed by atoms with E-state index in [-0.39, 0.29) is 11.8 Å². The molecular weight excluding hydrogens is 188 g/mol. The molecule has 2 N–H and O–H groups in total. The van der Waals surface area contributed by atoms with Gasteiger partial charge in [-0.25, -0.2) is 0 Å². The molecule has 1 fully saturated rings. The number of carbonyl (C=O) groups excluding carboxylic acids is 1. The van der Waals surface area contributed by atoms with Crippen molar-refractivity contribution in [1.82, 2.24) is 10.6 Å². The van der Waals surface area contributed by atoms with Gasteiger partial charge >= 0.3 is 0 Å². The lowest BCUT2D eigenvalue weighted by molar-refractivity contribution is -0.125. The Labute approximate surface area is 91.3 Å². The van der Waals surface area contributed by atoms with E-state index in [2.05, 4.69) is 22.8 Å². The molecule has 0 radical (unpaired) electrons. The Morgan fingerprint density at radius 1 is 1.40 bits per heavy atom. The summed E-state index contributed by atoms with van der Waals surface area (Å²) in [5.74, 6) is 1.13. The molecule has 2 atom stereocenters. The normalized spacial score (nSPS) is 30.4. The number of hydrogen-bond acceptors (Lipinski definition) is 2. The molecule has 2 aliphatic rings. The van der Waals surface area contributed by atoms with Gasteiger partial charge in [0, 0.05) is 12.5 Å². The maximum absolute atomic E-state index is 11.8. The van der Waals surface area contributed by atoms with E-state index in [9.17, 15) is 4.79 Å². The Hall–Kier alpha value is -0.830. The minimum absolute atomic E-state index is 0.226. The van der Waals surface area contributed by atoms with E-state index in [1.165, 1.54) is 6.42 Å². The van der Waals surface area contributed by atoms with Crippen LogP contribution in [0, 0.1) is 11.8 Å². The van der Waals surface area contributed by atoms with Gasteiger partial charge in [0.15, 0.2) is 0 Å². The standard InChI is InChI=1S/C12H20N2O/c15-12(11-4-2-1-3-5-11)14-9-10-6-7-13-8-10/h1-2,10-11,13H,3-9H2,(H,14,15). The predicted molar refractivity (Wildman–Crippen MR) is 60.5 cm³/mol. The first-order valence-corrected chi connectivity index (χ1v) is 5.99. The molecule has 0 saturated carbocycles. The number of hydrogen-bond donors (Lipinski definition) is 2. The van der Waals surface area contributed by atoms with Gasteiger partial charge in [-0.1, -0.05) is 12.2 Å². The lowest BCUT2D eigenvalue weighted by Gasteiger charge is -2.18.